The minimum absolute atomic E-state index is 0.0726. The van der Waals surface area contributed by atoms with Gasteiger partial charge in [0.2, 0.25) is 5.82 Å². The topological polar surface area (TPSA) is 52.1 Å². The third-order valence-corrected chi connectivity index (χ3v) is 2.40. The molecule has 0 spiro atoms. The molecule has 0 saturated carbocycles. The van der Waals surface area contributed by atoms with Gasteiger partial charge in [0.05, 0.1) is 7.11 Å². The van der Waals surface area contributed by atoms with Gasteiger partial charge in [0.15, 0.2) is 0 Å². The molecule has 0 aliphatic carbocycles. The molecule has 4 heteroatoms. The van der Waals surface area contributed by atoms with E-state index in [4.69, 9.17) is 0 Å². The fourth-order valence-electron chi connectivity index (χ4n) is 1.42. The van der Waals surface area contributed by atoms with Crippen LogP contribution in [0, 0.1) is 6.92 Å². The molecule has 17 heavy (non-hydrogen) atoms. The molecule has 0 aliphatic heterocycles. The van der Waals surface area contributed by atoms with Gasteiger partial charge < -0.3 is 4.74 Å². The Kier molecular flexibility index (Phi) is 3.14. The van der Waals surface area contributed by atoms with Crippen LogP contribution in [0.15, 0.2) is 36.7 Å². The number of esters is 1. The van der Waals surface area contributed by atoms with Gasteiger partial charge in [-0.25, -0.2) is 14.8 Å². The fraction of sp³-hybridized carbons (Fsp3) is 0.154. The van der Waals surface area contributed by atoms with Crippen molar-refractivity contribution in [2.75, 3.05) is 7.11 Å². The minimum atomic E-state index is -0.527. The lowest BCUT2D eigenvalue weighted by molar-refractivity contribution is 0.0586. The minimum Gasteiger partial charge on any atom is -0.463 e. The standard InChI is InChI=1S/C13H12N2O2/c1-9-3-5-10(6-4-9)11-7-14-12(15-8-11)13(16)17-2/h3-8H,1-2H3. The van der Waals surface area contributed by atoms with E-state index < -0.39 is 5.97 Å². The van der Waals surface area contributed by atoms with Gasteiger partial charge in [-0.2, -0.15) is 0 Å². The van der Waals surface area contributed by atoms with Crippen molar-refractivity contribution in [3.05, 3.63) is 48.0 Å². The van der Waals surface area contributed by atoms with Crippen molar-refractivity contribution >= 4 is 5.97 Å². The van der Waals surface area contributed by atoms with Gasteiger partial charge in [-0.15, -0.1) is 0 Å². The van der Waals surface area contributed by atoms with Crippen LogP contribution in [0.1, 0.15) is 16.2 Å². The van der Waals surface area contributed by atoms with Gasteiger partial charge in [-0.1, -0.05) is 29.8 Å². The maximum Gasteiger partial charge on any atom is 0.376 e. The summed E-state index contributed by atoms with van der Waals surface area (Å²) in [6, 6.07) is 8.02. The van der Waals surface area contributed by atoms with Crippen LogP contribution in [0.2, 0.25) is 0 Å². The van der Waals surface area contributed by atoms with Crippen LogP contribution in [0.3, 0.4) is 0 Å². The molecule has 0 unspecified atom stereocenters. The maximum absolute atomic E-state index is 11.2. The number of carbonyl (C=O) groups excluding carboxylic acids is 1. The van der Waals surface area contributed by atoms with Crippen LogP contribution in [-0.2, 0) is 4.74 Å². The summed E-state index contributed by atoms with van der Waals surface area (Å²) in [6.45, 7) is 2.03. The molecule has 0 atom stereocenters. The van der Waals surface area contributed by atoms with Crippen molar-refractivity contribution < 1.29 is 9.53 Å². The van der Waals surface area contributed by atoms with Crippen LogP contribution >= 0.6 is 0 Å². The van der Waals surface area contributed by atoms with Crippen LogP contribution in [-0.4, -0.2) is 23.0 Å². The first-order chi connectivity index (χ1) is 8.20. The highest BCUT2D eigenvalue weighted by Crippen LogP contribution is 2.17. The van der Waals surface area contributed by atoms with E-state index in [-0.39, 0.29) is 5.82 Å². The molecule has 0 saturated heterocycles. The smallest absolute Gasteiger partial charge is 0.376 e. The highest BCUT2D eigenvalue weighted by atomic mass is 16.5. The number of aryl methyl sites for hydroxylation is 1. The molecule has 0 bridgehead atoms. The summed E-state index contributed by atoms with van der Waals surface area (Å²) in [5.74, 6) is -0.455. The van der Waals surface area contributed by atoms with Gasteiger partial charge in [-0.3, -0.25) is 0 Å². The number of hydrogen-bond acceptors (Lipinski definition) is 4. The summed E-state index contributed by atoms with van der Waals surface area (Å²) in [5.41, 5.74) is 3.09. The molecule has 0 amide bonds. The Morgan fingerprint density at radius 2 is 1.65 bits per heavy atom. The van der Waals surface area contributed by atoms with E-state index in [0.717, 1.165) is 11.1 Å². The predicted molar refractivity (Wildman–Crippen MR) is 63.5 cm³/mol. The Morgan fingerprint density at radius 3 is 2.18 bits per heavy atom. The zero-order valence-corrected chi connectivity index (χ0v) is 9.68. The second kappa shape index (κ2) is 4.74. The molecule has 1 heterocycles. The lowest BCUT2D eigenvalue weighted by Crippen LogP contribution is -2.06. The first kappa shape index (κ1) is 11.3. The number of benzene rings is 1. The lowest BCUT2D eigenvalue weighted by atomic mass is 10.1. The quantitative estimate of drug-likeness (QED) is 0.740. The summed E-state index contributed by atoms with van der Waals surface area (Å²) in [7, 11) is 1.31. The second-order valence-corrected chi connectivity index (χ2v) is 3.65. The molecular formula is C13H12N2O2. The van der Waals surface area contributed by atoms with Crippen LogP contribution in [0.5, 0.6) is 0 Å². The molecule has 1 aromatic carbocycles. The average Bonchev–Trinajstić information content (AvgIpc) is 2.39. The molecule has 1 aromatic heterocycles. The van der Waals surface area contributed by atoms with Crippen LogP contribution in [0.4, 0.5) is 0 Å². The van der Waals surface area contributed by atoms with Gasteiger partial charge in [-0.05, 0) is 12.5 Å². The summed E-state index contributed by atoms with van der Waals surface area (Å²) in [4.78, 5) is 19.1. The summed E-state index contributed by atoms with van der Waals surface area (Å²) < 4.78 is 4.53. The zero-order valence-electron chi connectivity index (χ0n) is 9.68. The van der Waals surface area contributed by atoms with Gasteiger partial charge in [0.1, 0.15) is 0 Å². The summed E-state index contributed by atoms with van der Waals surface area (Å²) in [6.07, 6.45) is 3.23. The van der Waals surface area contributed by atoms with E-state index in [2.05, 4.69) is 14.7 Å². The van der Waals surface area contributed by atoms with Crippen LogP contribution in [0.25, 0.3) is 11.1 Å². The molecule has 0 N–H and O–H groups in total. The Bertz CT molecular complexity index is 518. The first-order valence-electron chi connectivity index (χ1n) is 5.18. The van der Waals surface area contributed by atoms with Crippen molar-refractivity contribution in [2.24, 2.45) is 0 Å². The number of nitrogens with zero attached hydrogens (tertiary/aromatic N) is 2. The Morgan fingerprint density at radius 1 is 1.06 bits per heavy atom. The number of carbonyl (C=O) groups is 1. The normalized spacial score (nSPS) is 10.0. The molecule has 86 valence electrons. The SMILES string of the molecule is COC(=O)c1ncc(-c2ccc(C)cc2)cn1. The van der Waals surface area contributed by atoms with Gasteiger partial charge in [0, 0.05) is 18.0 Å². The van der Waals surface area contributed by atoms with Gasteiger partial charge >= 0.3 is 5.97 Å². The summed E-state index contributed by atoms with van der Waals surface area (Å²) >= 11 is 0. The first-order valence-corrected chi connectivity index (χ1v) is 5.18. The monoisotopic (exact) mass is 228 g/mol. The zero-order chi connectivity index (χ0) is 12.3. The Hall–Kier alpha value is -2.23. The second-order valence-electron chi connectivity index (χ2n) is 3.65. The number of hydrogen-bond donors (Lipinski definition) is 0. The van der Waals surface area contributed by atoms with E-state index in [1.807, 2.05) is 31.2 Å². The molecule has 2 rings (SSSR count). The van der Waals surface area contributed by atoms with E-state index in [9.17, 15) is 4.79 Å². The molecule has 0 aliphatic rings. The average molecular weight is 228 g/mol. The molecule has 0 radical (unpaired) electrons. The third-order valence-electron chi connectivity index (χ3n) is 2.40. The van der Waals surface area contributed by atoms with Crippen molar-refractivity contribution in [3.63, 3.8) is 0 Å². The largest absolute Gasteiger partial charge is 0.463 e. The Balaban J connectivity index is 2.29. The van der Waals surface area contributed by atoms with E-state index in [1.165, 1.54) is 12.7 Å². The number of aromatic nitrogens is 2. The Labute approximate surface area is 99.3 Å². The number of ether oxygens (including phenoxy) is 1. The van der Waals surface area contributed by atoms with Crippen LogP contribution < -0.4 is 0 Å². The molecule has 2 aromatic rings. The fourth-order valence-corrected chi connectivity index (χ4v) is 1.42. The number of rotatable bonds is 2. The van der Waals surface area contributed by atoms with E-state index in [0.29, 0.717) is 0 Å². The highest BCUT2D eigenvalue weighted by molar-refractivity contribution is 5.85. The summed E-state index contributed by atoms with van der Waals surface area (Å²) in [5, 5.41) is 0. The van der Waals surface area contributed by atoms with Crippen molar-refractivity contribution in [2.45, 2.75) is 6.92 Å². The van der Waals surface area contributed by atoms with Crippen molar-refractivity contribution in [1.29, 1.82) is 0 Å². The molecular weight excluding hydrogens is 216 g/mol. The van der Waals surface area contributed by atoms with Crippen molar-refractivity contribution in [3.8, 4) is 11.1 Å². The molecule has 0 fully saturated rings. The maximum atomic E-state index is 11.2. The molecule has 4 nitrogen and oxygen atoms in total. The van der Waals surface area contributed by atoms with Gasteiger partial charge in [0.25, 0.3) is 0 Å². The number of methoxy groups -OCH3 is 1. The van der Waals surface area contributed by atoms with E-state index >= 15 is 0 Å². The lowest BCUT2D eigenvalue weighted by Gasteiger charge is -2.02. The van der Waals surface area contributed by atoms with Crippen molar-refractivity contribution in [1.82, 2.24) is 9.97 Å². The van der Waals surface area contributed by atoms with E-state index in [1.54, 1.807) is 12.4 Å². The third kappa shape index (κ3) is 2.47. The highest BCUT2D eigenvalue weighted by Gasteiger charge is 2.08. The predicted octanol–water partition coefficient (Wildman–Crippen LogP) is 2.24.